The number of hydrogen-bond donors (Lipinski definition) is 1. The van der Waals surface area contributed by atoms with Crippen LogP contribution in [0.1, 0.15) is 25.3 Å². The SMILES string of the molecule is CCC1(c2ccc(Cl)c(Cl)c2)NC(=O)N(CCC#N)C1=O. The van der Waals surface area contributed by atoms with Crippen LogP contribution in [0.5, 0.6) is 0 Å². The molecular weight excluding hydrogens is 313 g/mol. The van der Waals surface area contributed by atoms with Crippen molar-refractivity contribution in [2.45, 2.75) is 25.3 Å². The molecule has 0 bridgehead atoms. The van der Waals surface area contributed by atoms with Gasteiger partial charge in [0.25, 0.3) is 5.91 Å². The number of hydrogen-bond acceptors (Lipinski definition) is 3. The number of halogens is 2. The average molecular weight is 326 g/mol. The van der Waals surface area contributed by atoms with Crippen LogP contribution in [0.25, 0.3) is 0 Å². The van der Waals surface area contributed by atoms with E-state index in [0.717, 1.165) is 4.90 Å². The number of carbonyl (C=O) groups is 2. The molecule has 1 aromatic carbocycles. The maximum atomic E-state index is 12.6. The molecule has 1 aliphatic rings. The number of nitriles is 1. The number of carbonyl (C=O) groups excluding carboxylic acids is 2. The van der Waals surface area contributed by atoms with Gasteiger partial charge in [0.1, 0.15) is 5.54 Å². The first kappa shape index (κ1) is 15.6. The summed E-state index contributed by atoms with van der Waals surface area (Å²) in [6.45, 7) is 1.87. The Morgan fingerprint density at radius 1 is 1.33 bits per heavy atom. The number of nitrogens with zero attached hydrogens (tertiary/aromatic N) is 2. The molecule has 1 aromatic rings. The highest BCUT2D eigenvalue weighted by atomic mass is 35.5. The van der Waals surface area contributed by atoms with Crippen LogP contribution in [0, 0.1) is 11.3 Å². The van der Waals surface area contributed by atoms with Crippen LogP contribution in [0.2, 0.25) is 10.0 Å². The van der Waals surface area contributed by atoms with Crippen LogP contribution in [0.15, 0.2) is 18.2 Å². The maximum absolute atomic E-state index is 12.6. The second-order valence-electron chi connectivity index (χ2n) is 4.68. The van der Waals surface area contributed by atoms with Crippen LogP contribution in [0.4, 0.5) is 4.79 Å². The van der Waals surface area contributed by atoms with Gasteiger partial charge in [0, 0.05) is 6.54 Å². The normalized spacial score (nSPS) is 21.3. The van der Waals surface area contributed by atoms with Gasteiger partial charge in [-0.05, 0) is 24.1 Å². The Hall–Kier alpha value is -1.77. The third-order valence-corrected chi connectivity index (χ3v) is 4.30. The smallest absolute Gasteiger partial charge is 0.319 e. The molecule has 1 aliphatic heterocycles. The second kappa shape index (κ2) is 5.92. The molecule has 1 fully saturated rings. The monoisotopic (exact) mass is 325 g/mol. The molecular formula is C14H13Cl2N3O2. The summed E-state index contributed by atoms with van der Waals surface area (Å²) in [6.07, 6.45) is 0.471. The van der Waals surface area contributed by atoms with E-state index in [1.165, 1.54) is 0 Å². The quantitative estimate of drug-likeness (QED) is 0.864. The van der Waals surface area contributed by atoms with Crippen molar-refractivity contribution in [2.75, 3.05) is 6.54 Å². The number of urea groups is 1. The Bertz CT molecular complexity index is 642. The fourth-order valence-electron chi connectivity index (χ4n) is 2.39. The standard InChI is InChI=1S/C14H13Cl2N3O2/c1-2-14(9-4-5-10(15)11(16)8-9)12(20)19(7-3-6-17)13(21)18-14/h4-5,8H,2-3,7H2,1H3,(H,18,21). The molecule has 21 heavy (non-hydrogen) atoms. The topological polar surface area (TPSA) is 73.2 Å². The Labute approximate surface area is 132 Å². The molecule has 0 spiro atoms. The first-order valence-corrected chi connectivity index (χ1v) is 7.18. The summed E-state index contributed by atoms with van der Waals surface area (Å²) < 4.78 is 0. The molecule has 0 aliphatic carbocycles. The predicted molar refractivity (Wildman–Crippen MR) is 78.9 cm³/mol. The van der Waals surface area contributed by atoms with E-state index in [1.807, 2.05) is 6.07 Å². The predicted octanol–water partition coefficient (Wildman–Crippen LogP) is 3.06. The van der Waals surface area contributed by atoms with Crippen molar-refractivity contribution in [1.29, 1.82) is 5.26 Å². The van der Waals surface area contributed by atoms with E-state index >= 15 is 0 Å². The minimum Gasteiger partial charge on any atom is -0.319 e. The van der Waals surface area contributed by atoms with E-state index < -0.39 is 11.6 Å². The van der Waals surface area contributed by atoms with E-state index in [2.05, 4.69) is 5.32 Å². The maximum Gasteiger partial charge on any atom is 0.325 e. The molecule has 5 nitrogen and oxygen atoms in total. The van der Waals surface area contributed by atoms with E-state index in [0.29, 0.717) is 22.0 Å². The number of nitrogens with one attached hydrogen (secondary N) is 1. The summed E-state index contributed by atoms with van der Waals surface area (Å²) in [6, 6.07) is 6.27. The lowest BCUT2D eigenvalue weighted by molar-refractivity contribution is -0.131. The molecule has 0 radical (unpaired) electrons. The van der Waals surface area contributed by atoms with Crippen molar-refractivity contribution >= 4 is 35.1 Å². The largest absolute Gasteiger partial charge is 0.325 e. The lowest BCUT2D eigenvalue weighted by Gasteiger charge is -2.26. The van der Waals surface area contributed by atoms with E-state index in [9.17, 15) is 9.59 Å². The van der Waals surface area contributed by atoms with Gasteiger partial charge in [0.2, 0.25) is 0 Å². The molecule has 2 rings (SSSR count). The van der Waals surface area contributed by atoms with Crippen LogP contribution in [0.3, 0.4) is 0 Å². The summed E-state index contributed by atoms with van der Waals surface area (Å²) in [7, 11) is 0. The molecule has 0 aromatic heterocycles. The van der Waals surface area contributed by atoms with Crippen molar-refractivity contribution in [3.05, 3.63) is 33.8 Å². The van der Waals surface area contributed by atoms with Crippen molar-refractivity contribution in [1.82, 2.24) is 10.2 Å². The molecule has 7 heteroatoms. The summed E-state index contributed by atoms with van der Waals surface area (Å²) in [5.74, 6) is -0.372. The van der Waals surface area contributed by atoms with Crippen molar-refractivity contribution in [3.63, 3.8) is 0 Å². The van der Waals surface area contributed by atoms with Crippen molar-refractivity contribution in [2.24, 2.45) is 0 Å². The van der Waals surface area contributed by atoms with E-state index in [-0.39, 0.29) is 18.9 Å². The molecule has 1 heterocycles. The summed E-state index contributed by atoms with van der Waals surface area (Å²) >= 11 is 11.9. The number of imide groups is 1. The molecule has 0 saturated carbocycles. The number of amides is 3. The first-order valence-electron chi connectivity index (χ1n) is 6.43. The Kier molecular flexibility index (Phi) is 4.40. The molecule has 110 valence electrons. The number of benzene rings is 1. The van der Waals surface area contributed by atoms with Crippen LogP contribution >= 0.6 is 23.2 Å². The lowest BCUT2D eigenvalue weighted by atomic mass is 9.87. The molecule has 1 N–H and O–H groups in total. The molecule has 1 unspecified atom stereocenters. The Morgan fingerprint density at radius 2 is 2.05 bits per heavy atom. The highest BCUT2D eigenvalue weighted by Crippen LogP contribution is 2.35. The van der Waals surface area contributed by atoms with Gasteiger partial charge in [0.05, 0.1) is 22.5 Å². The second-order valence-corrected chi connectivity index (χ2v) is 5.50. The third-order valence-electron chi connectivity index (χ3n) is 3.57. The highest BCUT2D eigenvalue weighted by molar-refractivity contribution is 6.42. The first-order chi connectivity index (χ1) is 9.96. The third kappa shape index (κ3) is 2.57. The van der Waals surface area contributed by atoms with Gasteiger partial charge in [-0.1, -0.05) is 36.2 Å². The molecule has 1 saturated heterocycles. The summed E-state index contributed by atoms with van der Waals surface area (Å²) in [4.78, 5) is 25.7. The van der Waals surface area contributed by atoms with Gasteiger partial charge >= 0.3 is 6.03 Å². The highest BCUT2D eigenvalue weighted by Gasteiger charge is 2.51. The Balaban J connectivity index is 2.43. The van der Waals surface area contributed by atoms with Crippen molar-refractivity contribution < 1.29 is 9.59 Å². The van der Waals surface area contributed by atoms with Crippen LogP contribution in [-0.2, 0) is 10.3 Å². The van der Waals surface area contributed by atoms with Crippen molar-refractivity contribution in [3.8, 4) is 6.07 Å². The van der Waals surface area contributed by atoms with E-state index in [4.69, 9.17) is 28.5 Å². The molecule has 1 atom stereocenters. The minimum atomic E-state index is -1.15. The summed E-state index contributed by atoms with van der Waals surface area (Å²) in [5, 5.41) is 12.0. The Morgan fingerprint density at radius 3 is 2.62 bits per heavy atom. The summed E-state index contributed by atoms with van der Waals surface area (Å²) in [5.41, 5.74) is -0.571. The zero-order chi connectivity index (χ0) is 15.6. The zero-order valence-corrected chi connectivity index (χ0v) is 12.8. The van der Waals surface area contributed by atoms with Crippen LogP contribution < -0.4 is 5.32 Å². The van der Waals surface area contributed by atoms with Gasteiger partial charge in [-0.25, -0.2) is 4.79 Å². The van der Waals surface area contributed by atoms with Gasteiger partial charge in [-0.15, -0.1) is 0 Å². The van der Waals surface area contributed by atoms with E-state index in [1.54, 1.807) is 25.1 Å². The number of rotatable bonds is 4. The van der Waals surface area contributed by atoms with Gasteiger partial charge < -0.3 is 5.32 Å². The fourth-order valence-corrected chi connectivity index (χ4v) is 2.69. The van der Waals surface area contributed by atoms with Gasteiger partial charge in [0.15, 0.2) is 0 Å². The molecule has 3 amide bonds. The van der Waals surface area contributed by atoms with Crippen LogP contribution in [-0.4, -0.2) is 23.4 Å². The average Bonchev–Trinajstić information content (AvgIpc) is 2.72. The fraction of sp³-hybridized carbons (Fsp3) is 0.357. The van der Waals surface area contributed by atoms with Gasteiger partial charge in [-0.2, -0.15) is 5.26 Å². The lowest BCUT2D eigenvalue weighted by Crippen LogP contribution is -2.43. The zero-order valence-electron chi connectivity index (χ0n) is 11.3. The van der Waals surface area contributed by atoms with Gasteiger partial charge in [-0.3, -0.25) is 9.69 Å². The minimum absolute atomic E-state index is 0.0736.